The lowest BCUT2D eigenvalue weighted by atomic mass is 9.99. The minimum Gasteiger partial charge on any atom is -0.356 e. The maximum absolute atomic E-state index is 11.6. The largest absolute Gasteiger partial charge is 0.356 e. The normalized spacial score (nSPS) is 12.4. The van der Waals surface area contributed by atoms with Crippen molar-refractivity contribution in [2.24, 2.45) is 11.7 Å². The van der Waals surface area contributed by atoms with Crippen molar-refractivity contribution < 1.29 is 4.79 Å². The quantitative estimate of drug-likeness (QED) is 0.547. The van der Waals surface area contributed by atoms with Crippen molar-refractivity contribution >= 4 is 5.91 Å². The van der Waals surface area contributed by atoms with Crippen molar-refractivity contribution in [1.29, 1.82) is 0 Å². The Balaban J connectivity index is 3.52. The molecule has 0 rings (SSSR count). The first-order valence-electron chi connectivity index (χ1n) is 7.21. The third-order valence-corrected chi connectivity index (χ3v) is 3.24. The van der Waals surface area contributed by atoms with Crippen molar-refractivity contribution in [3.05, 3.63) is 0 Å². The van der Waals surface area contributed by atoms with Crippen LogP contribution in [0.4, 0.5) is 0 Å². The van der Waals surface area contributed by atoms with Crippen LogP contribution in [0.25, 0.3) is 0 Å². The summed E-state index contributed by atoms with van der Waals surface area (Å²) in [5, 5.41) is 3.05. The highest BCUT2D eigenvalue weighted by Gasteiger charge is 2.07. The molecule has 17 heavy (non-hydrogen) atoms. The molecule has 102 valence electrons. The smallest absolute Gasteiger partial charge is 0.220 e. The van der Waals surface area contributed by atoms with Crippen LogP contribution < -0.4 is 11.1 Å². The van der Waals surface area contributed by atoms with Crippen molar-refractivity contribution in [3.63, 3.8) is 0 Å². The molecule has 0 radical (unpaired) electrons. The zero-order valence-corrected chi connectivity index (χ0v) is 11.6. The van der Waals surface area contributed by atoms with Gasteiger partial charge in [0.1, 0.15) is 0 Å². The molecule has 0 spiro atoms. The van der Waals surface area contributed by atoms with Crippen LogP contribution in [0.15, 0.2) is 0 Å². The van der Waals surface area contributed by atoms with Crippen LogP contribution >= 0.6 is 0 Å². The van der Waals surface area contributed by atoms with E-state index in [4.69, 9.17) is 5.73 Å². The number of nitrogens with one attached hydrogen (secondary N) is 1. The topological polar surface area (TPSA) is 55.1 Å². The summed E-state index contributed by atoms with van der Waals surface area (Å²) in [7, 11) is 0. The van der Waals surface area contributed by atoms with Gasteiger partial charge in [0.05, 0.1) is 0 Å². The van der Waals surface area contributed by atoms with Gasteiger partial charge in [0.2, 0.25) is 5.91 Å². The van der Waals surface area contributed by atoms with Gasteiger partial charge in [-0.05, 0) is 31.7 Å². The van der Waals surface area contributed by atoms with E-state index in [2.05, 4.69) is 19.2 Å². The SMILES string of the molecule is CCCCC(CC)CNC(=O)CCCCCN. The molecule has 1 unspecified atom stereocenters. The molecule has 3 heteroatoms. The Labute approximate surface area is 107 Å². The molecule has 0 aromatic carbocycles. The summed E-state index contributed by atoms with van der Waals surface area (Å²) in [5.74, 6) is 0.861. The molecule has 1 atom stereocenters. The van der Waals surface area contributed by atoms with Crippen LogP contribution in [0.1, 0.15) is 65.2 Å². The average molecular weight is 242 g/mol. The number of unbranched alkanes of at least 4 members (excludes halogenated alkanes) is 3. The minimum atomic E-state index is 0.206. The third-order valence-electron chi connectivity index (χ3n) is 3.24. The van der Waals surface area contributed by atoms with E-state index in [1.165, 1.54) is 19.3 Å². The fourth-order valence-corrected chi connectivity index (χ4v) is 1.90. The number of rotatable bonds is 11. The van der Waals surface area contributed by atoms with Gasteiger partial charge in [-0.15, -0.1) is 0 Å². The molecule has 0 aliphatic heterocycles. The van der Waals surface area contributed by atoms with Crippen LogP contribution in [0.2, 0.25) is 0 Å². The number of carbonyl (C=O) groups excluding carboxylic acids is 1. The highest BCUT2D eigenvalue weighted by Crippen LogP contribution is 2.11. The molecule has 0 aliphatic carbocycles. The Kier molecular flexibility index (Phi) is 11.5. The van der Waals surface area contributed by atoms with E-state index in [0.717, 1.165) is 38.8 Å². The predicted octanol–water partition coefficient (Wildman–Crippen LogP) is 2.84. The maximum atomic E-state index is 11.6. The summed E-state index contributed by atoms with van der Waals surface area (Å²) in [6, 6.07) is 0. The number of nitrogens with two attached hydrogens (primary N) is 1. The fourth-order valence-electron chi connectivity index (χ4n) is 1.90. The van der Waals surface area contributed by atoms with Gasteiger partial charge < -0.3 is 11.1 Å². The lowest BCUT2D eigenvalue weighted by molar-refractivity contribution is -0.121. The molecule has 0 aliphatic rings. The second kappa shape index (κ2) is 11.9. The lowest BCUT2D eigenvalue weighted by Gasteiger charge is -2.15. The molecule has 0 saturated heterocycles. The molecule has 0 saturated carbocycles. The summed E-state index contributed by atoms with van der Waals surface area (Å²) >= 11 is 0. The van der Waals surface area contributed by atoms with Crippen molar-refractivity contribution in [1.82, 2.24) is 5.32 Å². The first kappa shape index (κ1) is 16.4. The van der Waals surface area contributed by atoms with E-state index in [-0.39, 0.29) is 5.91 Å². The Bertz CT molecular complexity index is 183. The van der Waals surface area contributed by atoms with E-state index >= 15 is 0 Å². The summed E-state index contributed by atoms with van der Waals surface area (Å²) in [5.41, 5.74) is 5.41. The van der Waals surface area contributed by atoms with Crippen LogP contribution in [0, 0.1) is 5.92 Å². The van der Waals surface area contributed by atoms with Crippen LogP contribution in [-0.4, -0.2) is 19.0 Å². The van der Waals surface area contributed by atoms with E-state index in [9.17, 15) is 4.79 Å². The molecule has 0 fully saturated rings. The van der Waals surface area contributed by atoms with Gasteiger partial charge in [-0.3, -0.25) is 4.79 Å². The van der Waals surface area contributed by atoms with E-state index in [1.807, 2.05) is 0 Å². The van der Waals surface area contributed by atoms with Gasteiger partial charge >= 0.3 is 0 Å². The van der Waals surface area contributed by atoms with Gasteiger partial charge in [-0.25, -0.2) is 0 Å². The monoisotopic (exact) mass is 242 g/mol. The first-order chi connectivity index (χ1) is 8.24. The summed E-state index contributed by atoms with van der Waals surface area (Å²) < 4.78 is 0. The molecule has 0 heterocycles. The number of carbonyl (C=O) groups is 1. The van der Waals surface area contributed by atoms with Gasteiger partial charge in [0.25, 0.3) is 0 Å². The Morgan fingerprint density at radius 1 is 1.18 bits per heavy atom. The second-order valence-corrected chi connectivity index (χ2v) is 4.82. The second-order valence-electron chi connectivity index (χ2n) is 4.82. The van der Waals surface area contributed by atoms with Gasteiger partial charge in [0.15, 0.2) is 0 Å². The lowest BCUT2D eigenvalue weighted by Crippen LogP contribution is -2.28. The van der Waals surface area contributed by atoms with Gasteiger partial charge in [-0.1, -0.05) is 39.5 Å². The standard InChI is InChI=1S/C14H30N2O/c1-3-5-9-13(4-2)12-16-14(17)10-7-6-8-11-15/h13H,3-12,15H2,1-2H3,(H,16,17). The van der Waals surface area contributed by atoms with Crippen molar-refractivity contribution in [2.75, 3.05) is 13.1 Å². The van der Waals surface area contributed by atoms with Crippen LogP contribution in [0.3, 0.4) is 0 Å². The molecule has 3 N–H and O–H groups in total. The Hall–Kier alpha value is -0.570. The first-order valence-corrected chi connectivity index (χ1v) is 7.21. The molecule has 0 bridgehead atoms. The summed E-state index contributed by atoms with van der Waals surface area (Å²) in [6.07, 6.45) is 8.62. The van der Waals surface area contributed by atoms with Crippen LogP contribution in [0.5, 0.6) is 0 Å². The average Bonchev–Trinajstić information content (AvgIpc) is 2.35. The zero-order valence-electron chi connectivity index (χ0n) is 11.6. The zero-order chi connectivity index (χ0) is 12.9. The molecular formula is C14H30N2O. The highest BCUT2D eigenvalue weighted by molar-refractivity contribution is 5.75. The Morgan fingerprint density at radius 2 is 1.94 bits per heavy atom. The van der Waals surface area contributed by atoms with Gasteiger partial charge in [0, 0.05) is 13.0 Å². The maximum Gasteiger partial charge on any atom is 0.220 e. The van der Waals surface area contributed by atoms with E-state index in [0.29, 0.717) is 12.3 Å². The molecule has 3 nitrogen and oxygen atoms in total. The summed E-state index contributed by atoms with van der Waals surface area (Å²) in [6.45, 7) is 6.00. The predicted molar refractivity (Wildman–Crippen MR) is 73.8 cm³/mol. The van der Waals surface area contributed by atoms with Gasteiger partial charge in [-0.2, -0.15) is 0 Å². The van der Waals surface area contributed by atoms with E-state index in [1.54, 1.807) is 0 Å². The fraction of sp³-hybridized carbons (Fsp3) is 0.929. The minimum absolute atomic E-state index is 0.206. The van der Waals surface area contributed by atoms with Crippen LogP contribution in [-0.2, 0) is 4.79 Å². The number of hydrogen-bond acceptors (Lipinski definition) is 2. The molecule has 0 aromatic rings. The third kappa shape index (κ3) is 10.3. The Morgan fingerprint density at radius 3 is 2.53 bits per heavy atom. The molecule has 0 aromatic heterocycles. The number of amides is 1. The van der Waals surface area contributed by atoms with E-state index < -0.39 is 0 Å². The van der Waals surface area contributed by atoms with Crippen molar-refractivity contribution in [2.45, 2.75) is 65.2 Å². The number of hydrogen-bond donors (Lipinski definition) is 2. The van der Waals surface area contributed by atoms with Crippen molar-refractivity contribution in [3.8, 4) is 0 Å². The summed E-state index contributed by atoms with van der Waals surface area (Å²) in [4.78, 5) is 11.6. The molecular weight excluding hydrogens is 212 g/mol. The highest BCUT2D eigenvalue weighted by atomic mass is 16.1. The molecule has 1 amide bonds.